The lowest BCUT2D eigenvalue weighted by Crippen LogP contribution is -2.42. The molecule has 0 aliphatic carbocycles. The van der Waals surface area contributed by atoms with Crippen molar-refractivity contribution < 1.29 is 22.5 Å². The summed E-state index contributed by atoms with van der Waals surface area (Å²) < 4.78 is 25.4. The third kappa shape index (κ3) is 3.67. The number of thiol groups is 1. The minimum Gasteiger partial charge on any atom is -0.465 e. The average molecular weight is 237 g/mol. The Labute approximate surface area is 90.0 Å². The molecule has 6 nitrogen and oxygen atoms in total. The van der Waals surface area contributed by atoms with Gasteiger partial charge in [0.05, 0.1) is 6.10 Å². The lowest BCUT2D eigenvalue weighted by molar-refractivity contribution is 0.0787. The van der Waals surface area contributed by atoms with Crippen LogP contribution in [0.1, 0.15) is 19.8 Å². The second-order valence-corrected chi connectivity index (χ2v) is 4.32. The van der Waals surface area contributed by atoms with Gasteiger partial charge in [-0.1, -0.05) is 0 Å². The molecule has 1 rings (SSSR count). The zero-order valence-corrected chi connectivity index (χ0v) is 9.35. The van der Waals surface area contributed by atoms with E-state index in [1.807, 2.05) is 0 Å². The van der Waals surface area contributed by atoms with Gasteiger partial charge in [-0.15, -0.1) is 0 Å². The van der Waals surface area contributed by atoms with Gasteiger partial charge in [0.15, 0.2) is 0 Å². The molecule has 0 bridgehead atoms. The molecule has 1 N–H and O–H groups in total. The Hall–Kier alpha value is -0.820. The molecule has 2 atom stereocenters. The van der Waals surface area contributed by atoms with Gasteiger partial charge in [0.25, 0.3) is 11.0 Å². The number of hydrogen-bond donors (Lipinski definition) is 2. The molecule has 0 aromatic rings. The fourth-order valence-corrected chi connectivity index (χ4v) is 2.23. The highest BCUT2D eigenvalue weighted by molar-refractivity contribution is 7.67. The second-order valence-electron chi connectivity index (χ2n) is 3.67. The zero-order valence-electron chi connectivity index (χ0n) is 8.46. The second kappa shape index (κ2) is 5.32. The van der Waals surface area contributed by atoms with Crippen LogP contribution in [0.5, 0.6) is 0 Å². The quantitative estimate of drug-likeness (QED) is 0.690. The molecule has 1 fully saturated rings. The van der Waals surface area contributed by atoms with Crippen LogP contribution < -0.4 is 0 Å². The van der Waals surface area contributed by atoms with Crippen LogP contribution in [-0.2, 0) is 15.2 Å². The Morgan fingerprint density at radius 2 is 2.27 bits per heavy atom. The maximum absolute atomic E-state index is 10.7. The van der Waals surface area contributed by atoms with E-state index in [0.717, 1.165) is 12.8 Å². The molecule has 1 aliphatic heterocycles. The summed E-state index contributed by atoms with van der Waals surface area (Å²) in [6, 6.07) is 0. The highest BCUT2D eigenvalue weighted by Gasteiger charge is 2.28. The summed E-state index contributed by atoms with van der Waals surface area (Å²) >= 11 is 0. The molecular weight excluding hydrogens is 222 g/mol. The van der Waals surface area contributed by atoms with E-state index in [1.54, 1.807) is 6.92 Å². The van der Waals surface area contributed by atoms with Gasteiger partial charge in [0, 0.05) is 19.0 Å². The summed E-state index contributed by atoms with van der Waals surface area (Å²) in [5.74, 6) is -0.0391. The molecule has 7 heteroatoms. The number of likely N-dealkylation sites (tertiary alicyclic amines) is 1. The highest BCUT2D eigenvalue weighted by Crippen LogP contribution is 2.21. The number of nitrogens with zero attached hydrogens (tertiary/aromatic N) is 1. The zero-order chi connectivity index (χ0) is 11.4. The molecule has 0 aromatic heterocycles. The van der Waals surface area contributed by atoms with Crippen LogP contribution >= 0.6 is 0 Å². The van der Waals surface area contributed by atoms with E-state index >= 15 is 0 Å². The lowest BCUT2D eigenvalue weighted by Gasteiger charge is -2.32. The van der Waals surface area contributed by atoms with E-state index in [4.69, 9.17) is 5.11 Å². The van der Waals surface area contributed by atoms with Crippen LogP contribution in [-0.4, -0.2) is 43.7 Å². The number of carboxylic acid groups (broad SMARTS) is 1. The molecule has 1 aliphatic rings. The summed E-state index contributed by atoms with van der Waals surface area (Å²) in [5, 5.41) is 8.79. The van der Waals surface area contributed by atoms with Crippen molar-refractivity contribution in [2.75, 3.05) is 13.1 Å². The standard InChI is InChI=1S/C8H15NO5S/c1-6(14-15(12)13)7-3-2-4-9(5-7)8(10)11/h6-7,15H,2-5H2,1H3,(H,10,11)/t6?,7-/m1/s1. The van der Waals surface area contributed by atoms with Gasteiger partial charge in [0.2, 0.25) is 0 Å². The first-order valence-electron chi connectivity index (χ1n) is 4.79. The van der Waals surface area contributed by atoms with Crippen LogP contribution in [0.3, 0.4) is 0 Å². The predicted molar refractivity (Wildman–Crippen MR) is 53.2 cm³/mol. The molecule has 1 amide bonds. The van der Waals surface area contributed by atoms with Crippen molar-refractivity contribution in [3.63, 3.8) is 0 Å². The van der Waals surface area contributed by atoms with Gasteiger partial charge >= 0.3 is 6.09 Å². The molecule has 1 heterocycles. The summed E-state index contributed by atoms with van der Waals surface area (Å²) in [6.07, 6.45) is 0.140. The van der Waals surface area contributed by atoms with Gasteiger partial charge in [-0.3, -0.25) is 4.18 Å². The molecule has 1 unspecified atom stereocenters. The van der Waals surface area contributed by atoms with Gasteiger partial charge < -0.3 is 10.0 Å². The first kappa shape index (κ1) is 12.3. The van der Waals surface area contributed by atoms with Crippen molar-refractivity contribution in [3.8, 4) is 0 Å². The summed E-state index contributed by atoms with van der Waals surface area (Å²) in [4.78, 5) is 12.0. The average Bonchev–Trinajstić information content (AvgIpc) is 2.17. The largest absolute Gasteiger partial charge is 0.465 e. The normalized spacial score (nSPS) is 24.1. The maximum Gasteiger partial charge on any atom is 0.407 e. The first-order chi connectivity index (χ1) is 7.00. The molecule has 1 saturated heterocycles. The first-order valence-corrected chi connectivity index (χ1v) is 5.89. The highest BCUT2D eigenvalue weighted by atomic mass is 32.2. The molecule has 0 aromatic carbocycles. The van der Waals surface area contributed by atoms with Crippen molar-refractivity contribution in [3.05, 3.63) is 0 Å². The Kier molecular flexibility index (Phi) is 4.34. The Bertz CT molecular complexity index is 295. The van der Waals surface area contributed by atoms with Crippen LogP contribution in [0, 0.1) is 5.92 Å². The number of hydrogen-bond acceptors (Lipinski definition) is 4. The van der Waals surface area contributed by atoms with E-state index in [0.29, 0.717) is 13.1 Å². The molecule has 15 heavy (non-hydrogen) atoms. The summed E-state index contributed by atoms with van der Waals surface area (Å²) in [5.41, 5.74) is 0. The van der Waals surface area contributed by atoms with Crippen molar-refractivity contribution >= 4 is 17.1 Å². The van der Waals surface area contributed by atoms with Crippen LogP contribution in [0.25, 0.3) is 0 Å². The lowest BCUT2D eigenvalue weighted by atomic mass is 9.94. The maximum atomic E-state index is 10.7. The van der Waals surface area contributed by atoms with Crippen LogP contribution in [0.4, 0.5) is 4.79 Å². The van der Waals surface area contributed by atoms with Crippen molar-refractivity contribution in [1.82, 2.24) is 4.90 Å². The number of rotatable bonds is 3. The molecule has 0 radical (unpaired) electrons. The topological polar surface area (TPSA) is 83.9 Å². The minimum atomic E-state index is -2.86. The Morgan fingerprint density at radius 1 is 1.60 bits per heavy atom. The fourth-order valence-electron chi connectivity index (χ4n) is 1.79. The predicted octanol–water partition coefficient (Wildman–Crippen LogP) is 0.308. The Morgan fingerprint density at radius 3 is 2.80 bits per heavy atom. The number of carbonyl (C=O) groups is 1. The number of piperidine rings is 1. The smallest absolute Gasteiger partial charge is 0.407 e. The third-order valence-corrected chi connectivity index (χ3v) is 3.15. The van der Waals surface area contributed by atoms with Crippen molar-refractivity contribution in [1.29, 1.82) is 0 Å². The van der Waals surface area contributed by atoms with Gasteiger partial charge in [-0.2, -0.15) is 0 Å². The summed E-state index contributed by atoms with van der Waals surface area (Å²) in [6.45, 7) is 2.52. The van der Waals surface area contributed by atoms with Crippen LogP contribution in [0.15, 0.2) is 0 Å². The molecule has 88 valence electrons. The molecule has 0 saturated carbocycles. The SMILES string of the molecule is CC(O[SH](=O)=O)[C@@H]1CCCN(C(=O)O)C1. The van der Waals surface area contributed by atoms with Gasteiger partial charge in [-0.05, 0) is 19.8 Å². The van der Waals surface area contributed by atoms with E-state index in [9.17, 15) is 13.2 Å². The third-order valence-electron chi connectivity index (χ3n) is 2.64. The monoisotopic (exact) mass is 237 g/mol. The van der Waals surface area contributed by atoms with E-state index in [1.165, 1.54) is 4.90 Å². The van der Waals surface area contributed by atoms with Gasteiger partial charge in [0.1, 0.15) is 0 Å². The molecule has 0 spiro atoms. The fraction of sp³-hybridized carbons (Fsp3) is 0.875. The van der Waals surface area contributed by atoms with E-state index in [-0.39, 0.29) is 5.92 Å². The Balaban J connectivity index is 2.51. The summed E-state index contributed by atoms with van der Waals surface area (Å²) in [7, 11) is -2.86. The van der Waals surface area contributed by atoms with Gasteiger partial charge in [-0.25, -0.2) is 13.2 Å². The van der Waals surface area contributed by atoms with E-state index in [2.05, 4.69) is 4.18 Å². The molecular formula is C8H15NO5S. The van der Waals surface area contributed by atoms with Crippen LogP contribution in [0.2, 0.25) is 0 Å². The minimum absolute atomic E-state index is 0.0391. The van der Waals surface area contributed by atoms with Crippen molar-refractivity contribution in [2.45, 2.75) is 25.9 Å². The number of amides is 1. The van der Waals surface area contributed by atoms with Crippen molar-refractivity contribution in [2.24, 2.45) is 5.92 Å². The van der Waals surface area contributed by atoms with E-state index < -0.39 is 23.2 Å².